The van der Waals surface area contributed by atoms with E-state index in [9.17, 15) is 4.79 Å². The number of nitrogens with one attached hydrogen (secondary N) is 1. The molecule has 0 aliphatic heterocycles. The summed E-state index contributed by atoms with van der Waals surface area (Å²) < 4.78 is 5.36. The molecule has 0 unspecified atom stereocenters. The summed E-state index contributed by atoms with van der Waals surface area (Å²) in [4.78, 5) is 11.0. The van der Waals surface area contributed by atoms with E-state index in [1.165, 1.54) is 0 Å². The number of rotatable bonds is 6. The normalized spacial score (nSPS) is 31.1. The molecule has 2 N–H and O–H groups in total. The minimum absolute atomic E-state index is 0.125. The fourth-order valence-corrected chi connectivity index (χ4v) is 1.83. The second kappa shape index (κ2) is 4.75. The lowest BCUT2D eigenvalue weighted by atomic mass is 9.74. The van der Waals surface area contributed by atoms with Crippen LogP contribution in [0.2, 0.25) is 0 Å². The molecule has 1 fully saturated rings. The van der Waals surface area contributed by atoms with Crippen molar-refractivity contribution in [1.82, 2.24) is 5.32 Å². The predicted octanol–water partition coefficient (Wildman–Crippen LogP) is 1.01. The van der Waals surface area contributed by atoms with Crippen LogP contribution in [0.1, 0.15) is 33.1 Å². The molecule has 0 aromatic rings. The Balaban J connectivity index is 2.40. The summed E-state index contributed by atoms with van der Waals surface area (Å²) in [6.45, 7) is 5.38. The lowest BCUT2D eigenvalue weighted by Gasteiger charge is -2.44. The Morgan fingerprint density at radius 1 is 1.57 bits per heavy atom. The van der Waals surface area contributed by atoms with Crippen LogP contribution in [0, 0.1) is 0 Å². The van der Waals surface area contributed by atoms with Crippen molar-refractivity contribution >= 4 is 5.97 Å². The van der Waals surface area contributed by atoms with Gasteiger partial charge in [0.05, 0.1) is 6.10 Å². The van der Waals surface area contributed by atoms with Crippen LogP contribution in [0.4, 0.5) is 0 Å². The third kappa shape index (κ3) is 2.25. The van der Waals surface area contributed by atoms with Gasteiger partial charge in [-0.05, 0) is 19.9 Å². The van der Waals surface area contributed by atoms with Crippen LogP contribution in [0.5, 0.6) is 0 Å². The monoisotopic (exact) mass is 201 g/mol. The van der Waals surface area contributed by atoms with E-state index in [0.29, 0.717) is 19.4 Å². The number of ether oxygens (including phenoxy) is 1. The Morgan fingerprint density at radius 3 is 2.64 bits per heavy atom. The molecular formula is C10H19NO3. The zero-order chi connectivity index (χ0) is 10.6. The Hall–Kier alpha value is -0.610. The standard InChI is InChI=1S/C10H19NO3/c1-3-5-11-10(9(12)13)6-8(7-10)14-4-2/h8,11H,3-7H2,1-2H3,(H,12,13). The topological polar surface area (TPSA) is 58.6 Å². The van der Waals surface area contributed by atoms with Gasteiger partial charge in [-0.1, -0.05) is 6.92 Å². The van der Waals surface area contributed by atoms with Gasteiger partial charge in [-0.15, -0.1) is 0 Å². The molecule has 4 heteroatoms. The average molecular weight is 201 g/mol. The van der Waals surface area contributed by atoms with Gasteiger partial charge in [0.2, 0.25) is 0 Å². The van der Waals surface area contributed by atoms with Crippen LogP contribution < -0.4 is 5.32 Å². The molecule has 0 heterocycles. The highest BCUT2D eigenvalue weighted by Gasteiger charge is 2.50. The maximum absolute atomic E-state index is 11.0. The number of carbonyl (C=O) groups is 1. The van der Waals surface area contributed by atoms with Crippen molar-refractivity contribution in [2.45, 2.75) is 44.8 Å². The van der Waals surface area contributed by atoms with Crippen molar-refractivity contribution < 1.29 is 14.6 Å². The molecule has 0 aromatic carbocycles. The predicted molar refractivity (Wildman–Crippen MR) is 53.3 cm³/mol. The van der Waals surface area contributed by atoms with Gasteiger partial charge in [-0.25, -0.2) is 0 Å². The molecule has 1 saturated carbocycles. The molecule has 82 valence electrons. The van der Waals surface area contributed by atoms with Gasteiger partial charge < -0.3 is 15.2 Å². The Bertz CT molecular complexity index is 200. The van der Waals surface area contributed by atoms with Crippen LogP contribution in [0.3, 0.4) is 0 Å². The third-order valence-electron chi connectivity index (χ3n) is 2.68. The average Bonchev–Trinajstić information content (AvgIpc) is 2.08. The summed E-state index contributed by atoms with van der Waals surface area (Å²) in [6, 6.07) is 0. The molecule has 0 bridgehead atoms. The maximum Gasteiger partial charge on any atom is 0.324 e. The second-order valence-corrected chi connectivity index (χ2v) is 3.80. The van der Waals surface area contributed by atoms with Crippen LogP contribution in [0.15, 0.2) is 0 Å². The molecule has 4 nitrogen and oxygen atoms in total. The highest BCUT2D eigenvalue weighted by molar-refractivity contribution is 5.80. The van der Waals surface area contributed by atoms with E-state index >= 15 is 0 Å². The molecule has 1 aliphatic rings. The first-order chi connectivity index (χ1) is 6.64. The van der Waals surface area contributed by atoms with Crippen molar-refractivity contribution in [3.63, 3.8) is 0 Å². The van der Waals surface area contributed by atoms with Gasteiger partial charge in [0.15, 0.2) is 0 Å². The van der Waals surface area contributed by atoms with Gasteiger partial charge in [0.25, 0.3) is 0 Å². The SMILES string of the molecule is CCCNC1(C(=O)O)CC(OCC)C1. The fraction of sp³-hybridized carbons (Fsp3) is 0.900. The van der Waals surface area contributed by atoms with E-state index in [0.717, 1.165) is 13.0 Å². The van der Waals surface area contributed by atoms with Crippen LogP contribution in [0.25, 0.3) is 0 Å². The third-order valence-corrected chi connectivity index (χ3v) is 2.68. The van der Waals surface area contributed by atoms with Gasteiger partial charge in [-0.2, -0.15) is 0 Å². The summed E-state index contributed by atoms with van der Waals surface area (Å²) in [7, 11) is 0. The van der Waals surface area contributed by atoms with Crippen molar-refractivity contribution in [3.8, 4) is 0 Å². The number of hydrogen-bond donors (Lipinski definition) is 2. The van der Waals surface area contributed by atoms with Gasteiger partial charge in [0, 0.05) is 19.4 Å². The summed E-state index contributed by atoms with van der Waals surface area (Å²) in [5.74, 6) is -0.748. The van der Waals surface area contributed by atoms with Crippen LogP contribution in [-0.2, 0) is 9.53 Å². The molecule has 0 spiro atoms. The zero-order valence-corrected chi connectivity index (χ0v) is 8.88. The van der Waals surface area contributed by atoms with Gasteiger partial charge in [-0.3, -0.25) is 4.79 Å². The maximum atomic E-state index is 11.0. The number of carboxylic acids is 1. The molecule has 1 rings (SSSR count). The lowest BCUT2D eigenvalue weighted by Crippen LogP contribution is -2.63. The minimum Gasteiger partial charge on any atom is -0.480 e. The van der Waals surface area contributed by atoms with Gasteiger partial charge >= 0.3 is 5.97 Å². The molecule has 0 saturated heterocycles. The Morgan fingerprint density at radius 2 is 2.21 bits per heavy atom. The lowest BCUT2D eigenvalue weighted by molar-refractivity contribution is -0.157. The van der Waals surface area contributed by atoms with E-state index in [4.69, 9.17) is 9.84 Å². The van der Waals surface area contributed by atoms with Crippen LogP contribution >= 0.6 is 0 Å². The molecular weight excluding hydrogens is 182 g/mol. The first-order valence-electron chi connectivity index (χ1n) is 5.24. The fourth-order valence-electron chi connectivity index (χ4n) is 1.83. The first kappa shape index (κ1) is 11.5. The van der Waals surface area contributed by atoms with E-state index in [2.05, 4.69) is 5.32 Å². The molecule has 0 amide bonds. The largest absolute Gasteiger partial charge is 0.480 e. The summed E-state index contributed by atoms with van der Waals surface area (Å²) >= 11 is 0. The van der Waals surface area contributed by atoms with Crippen molar-refractivity contribution in [3.05, 3.63) is 0 Å². The summed E-state index contributed by atoms with van der Waals surface area (Å²) in [5, 5.41) is 12.2. The number of carboxylic acid groups (broad SMARTS) is 1. The second-order valence-electron chi connectivity index (χ2n) is 3.80. The Kier molecular flexibility index (Phi) is 3.89. The quantitative estimate of drug-likeness (QED) is 0.673. The molecule has 0 radical (unpaired) electrons. The number of hydrogen-bond acceptors (Lipinski definition) is 3. The van der Waals surface area contributed by atoms with E-state index in [-0.39, 0.29) is 6.10 Å². The molecule has 0 atom stereocenters. The minimum atomic E-state index is -0.748. The van der Waals surface area contributed by atoms with E-state index in [1.54, 1.807) is 0 Å². The highest BCUT2D eigenvalue weighted by atomic mass is 16.5. The van der Waals surface area contributed by atoms with E-state index < -0.39 is 11.5 Å². The van der Waals surface area contributed by atoms with E-state index in [1.807, 2.05) is 13.8 Å². The first-order valence-corrected chi connectivity index (χ1v) is 5.24. The van der Waals surface area contributed by atoms with Crippen molar-refractivity contribution in [1.29, 1.82) is 0 Å². The van der Waals surface area contributed by atoms with Gasteiger partial charge in [0.1, 0.15) is 5.54 Å². The molecule has 0 aromatic heterocycles. The van der Waals surface area contributed by atoms with Crippen LogP contribution in [-0.4, -0.2) is 35.9 Å². The molecule has 1 aliphatic carbocycles. The summed E-state index contributed by atoms with van der Waals surface area (Å²) in [5.41, 5.74) is -0.712. The smallest absolute Gasteiger partial charge is 0.324 e. The van der Waals surface area contributed by atoms with Crippen molar-refractivity contribution in [2.75, 3.05) is 13.2 Å². The summed E-state index contributed by atoms with van der Waals surface area (Å²) in [6.07, 6.45) is 2.26. The highest BCUT2D eigenvalue weighted by Crippen LogP contribution is 2.34. The Labute approximate surface area is 84.6 Å². The van der Waals surface area contributed by atoms with Crippen molar-refractivity contribution in [2.24, 2.45) is 0 Å². The zero-order valence-electron chi connectivity index (χ0n) is 8.88. The molecule has 14 heavy (non-hydrogen) atoms. The number of aliphatic carboxylic acids is 1.